The SMILES string of the molecule is COc1ccc(N2CC=C[C@]34S[C@@]5(C)C=CCOC(=O)[C@H]5[C@H]3C(=O)N([C@H](C)CO)C4C2=O)cc1. The summed E-state index contributed by atoms with van der Waals surface area (Å²) in [5, 5.41) is 9.98. The van der Waals surface area contributed by atoms with E-state index in [4.69, 9.17) is 9.47 Å². The number of hydrogen-bond acceptors (Lipinski definition) is 7. The second-order valence-electron chi connectivity index (χ2n) is 9.36. The van der Waals surface area contributed by atoms with E-state index in [1.54, 1.807) is 31.1 Å². The number of benzene rings is 1. The van der Waals surface area contributed by atoms with E-state index in [0.29, 0.717) is 18.0 Å². The van der Waals surface area contributed by atoms with Crippen molar-refractivity contribution in [1.82, 2.24) is 4.90 Å². The van der Waals surface area contributed by atoms with E-state index in [9.17, 15) is 19.5 Å². The summed E-state index contributed by atoms with van der Waals surface area (Å²) >= 11 is 1.49. The van der Waals surface area contributed by atoms with Crippen molar-refractivity contribution in [3.8, 4) is 5.75 Å². The number of esters is 1. The minimum absolute atomic E-state index is 0.166. The van der Waals surface area contributed by atoms with Gasteiger partial charge in [0.25, 0.3) is 5.91 Å². The average molecular weight is 485 g/mol. The molecule has 2 saturated heterocycles. The zero-order chi connectivity index (χ0) is 24.3. The summed E-state index contributed by atoms with van der Waals surface area (Å²) in [5.41, 5.74) is 0.683. The van der Waals surface area contributed by atoms with Crippen LogP contribution in [0.15, 0.2) is 48.6 Å². The molecule has 2 fully saturated rings. The zero-order valence-corrected chi connectivity index (χ0v) is 20.2. The molecule has 34 heavy (non-hydrogen) atoms. The molecule has 1 unspecified atom stereocenters. The normalized spacial score (nSPS) is 35.3. The lowest BCUT2D eigenvalue weighted by atomic mass is 9.75. The minimum atomic E-state index is -0.959. The number of fused-ring (bicyclic) bond motifs is 2. The maximum absolute atomic E-state index is 14.2. The van der Waals surface area contributed by atoms with Crippen LogP contribution in [0.4, 0.5) is 5.69 Å². The molecule has 0 radical (unpaired) electrons. The lowest BCUT2D eigenvalue weighted by Crippen LogP contribution is -2.56. The van der Waals surface area contributed by atoms with Crippen molar-refractivity contribution in [2.24, 2.45) is 11.8 Å². The molecule has 9 heteroatoms. The number of ether oxygens (including phenoxy) is 2. The molecule has 6 atom stereocenters. The van der Waals surface area contributed by atoms with Crippen molar-refractivity contribution in [3.05, 3.63) is 48.6 Å². The predicted octanol–water partition coefficient (Wildman–Crippen LogP) is 1.78. The molecule has 0 aromatic heterocycles. The summed E-state index contributed by atoms with van der Waals surface area (Å²) in [6.45, 7) is 3.86. The Balaban J connectivity index is 1.64. The quantitative estimate of drug-likeness (QED) is 0.514. The molecule has 0 aliphatic carbocycles. The number of rotatable bonds is 4. The maximum atomic E-state index is 14.2. The van der Waals surface area contributed by atoms with Crippen LogP contribution in [-0.4, -0.2) is 76.2 Å². The number of nitrogens with zero attached hydrogens (tertiary/aromatic N) is 2. The van der Waals surface area contributed by atoms with Crippen LogP contribution in [0, 0.1) is 11.8 Å². The van der Waals surface area contributed by atoms with Gasteiger partial charge in [0.1, 0.15) is 18.4 Å². The summed E-state index contributed by atoms with van der Waals surface area (Å²) < 4.78 is 9.01. The summed E-state index contributed by atoms with van der Waals surface area (Å²) in [4.78, 5) is 44.4. The van der Waals surface area contributed by atoms with Gasteiger partial charge in [0.15, 0.2) is 0 Å². The maximum Gasteiger partial charge on any atom is 0.311 e. The molecule has 8 nitrogen and oxygen atoms in total. The molecule has 1 spiro atoms. The number of anilines is 1. The Morgan fingerprint density at radius 3 is 2.56 bits per heavy atom. The first-order valence-corrected chi connectivity index (χ1v) is 12.2. The van der Waals surface area contributed by atoms with Crippen LogP contribution >= 0.6 is 11.8 Å². The van der Waals surface area contributed by atoms with Gasteiger partial charge in [-0.3, -0.25) is 14.4 Å². The predicted molar refractivity (Wildman–Crippen MR) is 127 cm³/mol. The van der Waals surface area contributed by atoms with Crippen LogP contribution in [-0.2, 0) is 19.1 Å². The Morgan fingerprint density at radius 2 is 1.88 bits per heavy atom. The fourth-order valence-corrected chi connectivity index (χ4v) is 7.99. The molecule has 5 rings (SSSR count). The molecule has 1 aromatic carbocycles. The molecule has 1 N–H and O–H groups in total. The highest BCUT2D eigenvalue weighted by Gasteiger charge is 2.74. The van der Waals surface area contributed by atoms with Crippen molar-refractivity contribution in [2.45, 2.75) is 35.4 Å². The Bertz CT molecular complexity index is 1090. The molecular weight excluding hydrogens is 456 g/mol. The number of aliphatic hydroxyl groups excluding tert-OH is 1. The zero-order valence-electron chi connectivity index (χ0n) is 19.3. The first kappa shape index (κ1) is 23.0. The summed E-state index contributed by atoms with van der Waals surface area (Å²) in [7, 11) is 1.58. The Morgan fingerprint density at radius 1 is 1.15 bits per heavy atom. The largest absolute Gasteiger partial charge is 0.497 e. The lowest BCUT2D eigenvalue weighted by Gasteiger charge is -2.38. The topological polar surface area (TPSA) is 96.4 Å². The van der Waals surface area contributed by atoms with Crippen LogP contribution in [0.3, 0.4) is 0 Å². The number of carbonyl (C=O) groups is 3. The van der Waals surface area contributed by atoms with Gasteiger partial charge in [0.05, 0.1) is 36.3 Å². The van der Waals surface area contributed by atoms with Gasteiger partial charge in [-0.25, -0.2) is 0 Å². The highest BCUT2D eigenvalue weighted by Crippen LogP contribution is 2.65. The van der Waals surface area contributed by atoms with Crippen molar-refractivity contribution in [3.63, 3.8) is 0 Å². The number of thioether (sulfide) groups is 1. The second kappa shape index (κ2) is 8.16. The molecule has 4 aliphatic heterocycles. The third-order valence-corrected chi connectivity index (χ3v) is 9.17. The molecule has 0 bridgehead atoms. The smallest absolute Gasteiger partial charge is 0.311 e. The van der Waals surface area contributed by atoms with Crippen LogP contribution in [0.5, 0.6) is 5.75 Å². The van der Waals surface area contributed by atoms with E-state index in [0.717, 1.165) is 0 Å². The number of methoxy groups -OCH3 is 1. The number of aliphatic hydroxyl groups is 1. The number of hydrogen-bond donors (Lipinski definition) is 1. The van der Waals surface area contributed by atoms with E-state index in [1.807, 2.05) is 43.4 Å². The van der Waals surface area contributed by atoms with Gasteiger partial charge in [0, 0.05) is 17.0 Å². The highest BCUT2D eigenvalue weighted by atomic mass is 32.2. The van der Waals surface area contributed by atoms with Crippen LogP contribution in [0.2, 0.25) is 0 Å². The van der Waals surface area contributed by atoms with Crippen LogP contribution < -0.4 is 9.64 Å². The summed E-state index contributed by atoms with van der Waals surface area (Å²) in [5.74, 6) is -1.79. The number of carbonyl (C=O) groups excluding carboxylic acids is 3. The van der Waals surface area contributed by atoms with Gasteiger partial charge in [-0.1, -0.05) is 18.2 Å². The molecular formula is C25H28N2O6S. The molecule has 4 heterocycles. The van der Waals surface area contributed by atoms with Crippen LogP contribution in [0.1, 0.15) is 13.8 Å². The summed E-state index contributed by atoms with van der Waals surface area (Å²) in [6, 6.07) is 5.73. The fourth-order valence-electron chi connectivity index (χ4n) is 5.85. The Kier molecular flexibility index (Phi) is 5.52. The van der Waals surface area contributed by atoms with E-state index < -0.39 is 39.4 Å². The van der Waals surface area contributed by atoms with Gasteiger partial charge in [-0.05, 0) is 44.2 Å². The van der Waals surface area contributed by atoms with E-state index in [1.165, 1.54) is 16.7 Å². The van der Waals surface area contributed by atoms with E-state index in [-0.39, 0.29) is 25.0 Å². The fraction of sp³-hybridized carbons (Fsp3) is 0.480. The van der Waals surface area contributed by atoms with Gasteiger partial charge < -0.3 is 24.4 Å². The van der Waals surface area contributed by atoms with E-state index >= 15 is 0 Å². The monoisotopic (exact) mass is 484 g/mol. The Labute approximate surface area is 202 Å². The van der Waals surface area contributed by atoms with Gasteiger partial charge in [0.2, 0.25) is 5.91 Å². The third-order valence-electron chi connectivity index (χ3n) is 7.37. The van der Waals surface area contributed by atoms with Gasteiger partial charge in [-0.15, -0.1) is 11.8 Å². The number of likely N-dealkylation sites (tertiary alicyclic amines) is 1. The van der Waals surface area contributed by atoms with Gasteiger partial charge >= 0.3 is 5.97 Å². The van der Waals surface area contributed by atoms with Crippen molar-refractivity contribution in [1.29, 1.82) is 0 Å². The first-order valence-electron chi connectivity index (χ1n) is 11.4. The standard InChI is InChI=1S/C25H28N2O6S/c1-15(14-28)27-20-22(30)26(16-6-8-17(32-3)9-7-16)12-4-11-25(20)18(21(27)29)19-23(31)33-13-5-10-24(19,2)34-25/h4-11,15,18-20,28H,12-14H2,1-3H3/t15-,18+,19-,20?,24+,25+/m1/s1. The Hall–Kier alpha value is -2.78. The van der Waals surface area contributed by atoms with Gasteiger partial charge in [-0.2, -0.15) is 0 Å². The summed E-state index contributed by atoms with van der Waals surface area (Å²) in [6.07, 6.45) is 7.60. The first-order chi connectivity index (χ1) is 16.3. The molecule has 2 amide bonds. The van der Waals surface area contributed by atoms with E-state index in [2.05, 4.69) is 0 Å². The highest BCUT2D eigenvalue weighted by molar-refractivity contribution is 8.02. The molecule has 0 saturated carbocycles. The van der Waals surface area contributed by atoms with Crippen molar-refractivity contribution >= 4 is 35.2 Å². The van der Waals surface area contributed by atoms with Crippen molar-refractivity contribution in [2.75, 3.05) is 31.8 Å². The lowest BCUT2D eigenvalue weighted by molar-refractivity contribution is -0.153. The second-order valence-corrected chi connectivity index (χ2v) is 11.1. The van der Waals surface area contributed by atoms with Crippen molar-refractivity contribution < 1.29 is 29.0 Å². The van der Waals surface area contributed by atoms with Crippen LogP contribution in [0.25, 0.3) is 0 Å². The number of amides is 2. The average Bonchev–Trinajstić information content (AvgIpc) is 3.10. The molecule has 4 aliphatic rings. The number of cyclic esters (lactones) is 1. The third kappa shape index (κ3) is 3.13. The minimum Gasteiger partial charge on any atom is -0.497 e. The molecule has 1 aromatic rings. The molecule has 180 valence electrons.